The average molecular weight is 441 g/mol. The van der Waals surface area contributed by atoms with Crippen LogP contribution in [0.5, 0.6) is 0 Å². The maximum atomic E-state index is 14.4. The van der Waals surface area contributed by atoms with Crippen LogP contribution in [0.3, 0.4) is 0 Å². The third kappa shape index (κ3) is 4.12. The first kappa shape index (κ1) is 21.6. The van der Waals surface area contributed by atoms with Crippen molar-refractivity contribution < 1.29 is 14.3 Å². The maximum absolute atomic E-state index is 14.4. The van der Waals surface area contributed by atoms with Crippen molar-refractivity contribution in [1.82, 2.24) is 9.88 Å². The SMILES string of the molecule is Cc1c(CN[C@@H]2CCCc3ccccc32)c(C(=O)O)c(C)n1Cc1c(F)cccc1Cl. The second-order valence-corrected chi connectivity index (χ2v) is 8.55. The van der Waals surface area contributed by atoms with Crippen molar-refractivity contribution in [2.75, 3.05) is 0 Å². The van der Waals surface area contributed by atoms with Gasteiger partial charge in [0.2, 0.25) is 0 Å². The van der Waals surface area contributed by atoms with Gasteiger partial charge in [0.05, 0.1) is 12.1 Å². The highest BCUT2D eigenvalue weighted by molar-refractivity contribution is 6.31. The largest absolute Gasteiger partial charge is 0.478 e. The molecule has 0 unspecified atom stereocenters. The van der Waals surface area contributed by atoms with E-state index in [1.54, 1.807) is 19.1 Å². The van der Waals surface area contributed by atoms with Crippen LogP contribution in [0.2, 0.25) is 5.02 Å². The van der Waals surface area contributed by atoms with Gasteiger partial charge in [-0.1, -0.05) is 41.9 Å². The second kappa shape index (κ2) is 8.85. The molecule has 1 aliphatic carbocycles. The van der Waals surface area contributed by atoms with Crippen LogP contribution < -0.4 is 5.32 Å². The highest BCUT2D eigenvalue weighted by atomic mass is 35.5. The molecule has 1 heterocycles. The van der Waals surface area contributed by atoms with Crippen molar-refractivity contribution in [2.24, 2.45) is 0 Å². The quantitative estimate of drug-likeness (QED) is 0.508. The Morgan fingerprint density at radius 3 is 2.68 bits per heavy atom. The number of hydrogen-bond acceptors (Lipinski definition) is 2. The number of aromatic nitrogens is 1. The zero-order valence-electron chi connectivity index (χ0n) is 17.7. The predicted molar refractivity (Wildman–Crippen MR) is 120 cm³/mol. The molecular weight excluding hydrogens is 415 g/mol. The number of carbonyl (C=O) groups is 1. The molecule has 0 saturated heterocycles. The predicted octanol–water partition coefficient (Wildman–Crippen LogP) is 5.81. The second-order valence-electron chi connectivity index (χ2n) is 8.14. The zero-order valence-corrected chi connectivity index (χ0v) is 18.5. The minimum absolute atomic E-state index is 0.190. The molecule has 0 spiro atoms. The molecule has 1 aromatic heterocycles. The summed E-state index contributed by atoms with van der Waals surface area (Å²) in [6.07, 6.45) is 3.20. The lowest BCUT2D eigenvalue weighted by molar-refractivity contribution is 0.0694. The minimum Gasteiger partial charge on any atom is -0.478 e. The zero-order chi connectivity index (χ0) is 22.1. The third-order valence-electron chi connectivity index (χ3n) is 6.40. The number of carboxylic acid groups (broad SMARTS) is 1. The first-order valence-electron chi connectivity index (χ1n) is 10.5. The van der Waals surface area contributed by atoms with E-state index in [2.05, 4.69) is 23.5 Å². The number of benzene rings is 2. The van der Waals surface area contributed by atoms with Gasteiger partial charge in [0.1, 0.15) is 5.82 Å². The summed E-state index contributed by atoms with van der Waals surface area (Å²) in [6, 6.07) is 13.2. The normalized spacial score (nSPS) is 15.7. The summed E-state index contributed by atoms with van der Waals surface area (Å²) >= 11 is 6.22. The van der Waals surface area contributed by atoms with Crippen molar-refractivity contribution >= 4 is 17.6 Å². The molecule has 0 saturated carbocycles. The molecule has 2 N–H and O–H groups in total. The summed E-state index contributed by atoms with van der Waals surface area (Å²) in [6.45, 7) is 4.28. The van der Waals surface area contributed by atoms with E-state index in [9.17, 15) is 14.3 Å². The molecule has 2 aromatic carbocycles. The number of aromatic carboxylic acids is 1. The van der Waals surface area contributed by atoms with E-state index in [-0.39, 0.29) is 18.2 Å². The van der Waals surface area contributed by atoms with Crippen LogP contribution in [0.4, 0.5) is 4.39 Å². The van der Waals surface area contributed by atoms with Gasteiger partial charge >= 0.3 is 5.97 Å². The number of nitrogens with one attached hydrogen (secondary N) is 1. The highest BCUT2D eigenvalue weighted by Crippen LogP contribution is 2.31. The molecule has 0 amide bonds. The van der Waals surface area contributed by atoms with Crippen molar-refractivity contribution in [1.29, 1.82) is 0 Å². The molecule has 3 aromatic rings. The Labute approximate surface area is 186 Å². The van der Waals surface area contributed by atoms with Crippen molar-refractivity contribution in [2.45, 2.75) is 52.2 Å². The van der Waals surface area contributed by atoms with Gasteiger partial charge in [0.15, 0.2) is 0 Å². The van der Waals surface area contributed by atoms with Gasteiger partial charge in [0, 0.05) is 40.1 Å². The molecular formula is C25H26ClFN2O2. The number of carboxylic acids is 1. The van der Waals surface area contributed by atoms with Crippen molar-refractivity contribution in [3.63, 3.8) is 0 Å². The number of halogens is 2. The van der Waals surface area contributed by atoms with Crippen LogP contribution in [0.1, 0.15) is 62.9 Å². The van der Waals surface area contributed by atoms with Gasteiger partial charge in [-0.15, -0.1) is 0 Å². The number of rotatable bonds is 6. The fourth-order valence-electron chi connectivity index (χ4n) is 4.72. The van der Waals surface area contributed by atoms with Gasteiger partial charge in [-0.2, -0.15) is 0 Å². The minimum atomic E-state index is -0.972. The summed E-state index contributed by atoms with van der Waals surface area (Å²) in [5, 5.41) is 13.8. The Morgan fingerprint density at radius 1 is 1.16 bits per heavy atom. The van der Waals surface area contributed by atoms with Crippen LogP contribution in [0.25, 0.3) is 0 Å². The van der Waals surface area contributed by atoms with Crippen LogP contribution in [-0.2, 0) is 19.5 Å². The lowest BCUT2D eigenvalue weighted by Gasteiger charge is -2.26. The van der Waals surface area contributed by atoms with E-state index in [0.717, 1.165) is 30.5 Å². The molecule has 1 aliphatic rings. The molecule has 4 rings (SSSR count). The topological polar surface area (TPSA) is 54.3 Å². The summed E-state index contributed by atoms with van der Waals surface area (Å²) in [7, 11) is 0. The number of aryl methyl sites for hydroxylation is 1. The van der Waals surface area contributed by atoms with Gasteiger partial charge in [-0.25, -0.2) is 9.18 Å². The van der Waals surface area contributed by atoms with Crippen LogP contribution in [0.15, 0.2) is 42.5 Å². The smallest absolute Gasteiger partial charge is 0.337 e. The number of nitrogens with zero attached hydrogens (tertiary/aromatic N) is 1. The van der Waals surface area contributed by atoms with E-state index in [0.29, 0.717) is 22.8 Å². The van der Waals surface area contributed by atoms with Crippen molar-refractivity contribution in [3.8, 4) is 0 Å². The summed E-state index contributed by atoms with van der Waals surface area (Å²) in [5.74, 6) is -1.37. The van der Waals surface area contributed by atoms with E-state index in [4.69, 9.17) is 11.6 Å². The van der Waals surface area contributed by atoms with E-state index in [1.807, 2.05) is 17.6 Å². The van der Waals surface area contributed by atoms with Gasteiger partial charge in [-0.05, 0) is 56.4 Å². The summed E-state index contributed by atoms with van der Waals surface area (Å²) in [4.78, 5) is 12.1. The maximum Gasteiger partial charge on any atom is 0.337 e. The van der Waals surface area contributed by atoms with Gasteiger partial charge < -0.3 is 15.0 Å². The fraction of sp³-hybridized carbons (Fsp3) is 0.320. The summed E-state index contributed by atoms with van der Waals surface area (Å²) < 4.78 is 16.2. The molecule has 1 atom stereocenters. The van der Waals surface area contributed by atoms with Crippen molar-refractivity contribution in [3.05, 3.63) is 92.5 Å². The highest BCUT2D eigenvalue weighted by Gasteiger charge is 2.25. The van der Waals surface area contributed by atoms with Gasteiger partial charge in [0.25, 0.3) is 0 Å². The number of fused-ring (bicyclic) bond motifs is 1. The van der Waals surface area contributed by atoms with Crippen LogP contribution >= 0.6 is 11.6 Å². The van der Waals surface area contributed by atoms with Crippen LogP contribution in [-0.4, -0.2) is 15.6 Å². The molecule has 0 aliphatic heterocycles. The summed E-state index contributed by atoms with van der Waals surface area (Å²) in [5.41, 5.74) is 5.43. The monoisotopic (exact) mass is 440 g/mol. The van der Waals surface area contributed by atoms with E-state index in [1.165, 1.54) is 17.2 Å². The Hall–Kier alpha value is -2.63. The first-order chi connectivity index (χ1) is 14.9. The molecule has 0 fully saturated rings. The van der Waals surface area contributed by atoms with E-state index >= 15 is 0 Å². The molecule has 162 valence electrons. The standard InChI is InChI=1S/C25H26ClFN2O2/c1-15-19(13-28-23-12-5-8-17-7-3-4-9-18(17)23)24(25(30)31)16(2)29(15)14-20-21(26)10-6-11-22(20)27/h3-4,6-7,9-11,23,28H,5,8,12-14H2,1-2H3,(H,30,31)/t23-/m1/s1. The lowest BCUT2D eigenvalue weighted by atomic mass is 9.87. The first-order valence-corrected chi connectivity index (χ1v) is 10.9. The lowest BCUT2D eigenvalue weighted by Crippen LogP contribution is -2.25. The van der Waals surface area contributed by atoms with Crippen LogP contribution in [0, 0.1) is 19.7 Å². The van der Waals surface area contributed by atoms with Gasteiger partial charge in [-0.3, -0.25) is 0 Å². The molecule has 0 radical (unpaired) electrons. The molecule has 4 nitrogen and oxygen atoms in total. The Morgan fingerprint density at radius 2 is 1.94 bits per heavy atom. The Balaban J connectivity index is 1.66. The fourth-order valence-corrected chi connectivity index (χ4v) is 4.94. The number of hydrogen-bond donors (Lipinski definition) is 2. The Bertz CT molecular complexity index is 1120. The molecule has 31 heavy (non-hydrogen) atoms. The third-order valence-corrected chi connectivity index (χ3v) is 6.75. The van der Waals surface area contributed by atoms with E-state index < -0.39 is 11.8 Å². The molecule has 6 heteroatoms. The Kier molecular flexibility index (Phi) is 6.17. The average Bonchev–Trinajstić information content (AvgIpc) is 2.98. The molecule has 0 bridgehead atoms.